The van der Waals surface area contributed by atoms with Crippen LogP contribution in [0, 0.1) is 47.3 Å². The van der Waals surface area contributed by atoms with Crippen molar-refractivity contribution in [3.8, 4) is 0 Å². The van der Waals surface area contributed by atoms with Crippen molar-refractivity contribution in [2.45, 2.75) is 158 Å². The van der Waals surface area contributed by atoms with Crippen LogP contribution in [0.5, 0.6) is 0 Å². The molecule has 10 nitrogen and oxygen atoms in total. The van der Waals surface area contributed by atoms with Gasteiger partial charge >= 0.3 is 12.1 Å². The Bertz CT molecular complexity index is 1160. The zero-order chi connectivity index (χ0) is 31.9. The minimum atomic E-state index is -5.00. The second-order valence-corrected chi connectivity index (χ2v) is 16.6. The third-order valence-corrected chi connectivity index (χ3v) is 14.3. The molecular weight excluding hydrogens is 609 g/mol. The number of nitrogens with one attached hydrogen (secondary N) is 8. The van der Waals surface area contributed by atoms with E-state index >= 15 is 0 Å². The summed E-state index contributed by atoms with van der Waals surface area (Å²) < 4.78 is 45.7. The zero-order valence-corrected chi connectivity index (χ0v) is 27.4. The molecule has 0 amide bonds. The van der Waals surface area contributed by atoms with E-state index in [9.17, 15) is 18.0 Å². The number of carbonyl (C=O) groups is 1. The molecule has 9 fully saturated rings. The Labute approximate surface area is 276 Å². The first kappa shape index (κ1) is 31.9. The van der Waals surface area contributed by atoms with Crippen molar-refractivity contribution >= 4 is 5.97 Å². The molecule has 264 valence electrons. The quantitative estimate of drug-likeness (QED) is 0.199. The van der Waals surface area contributed by atoms with E-state index in [2.05, 4.69) is 42.5 Å². The predicted molar refractivity (Wildman–Crippen MR) is 168 cm³/mol. The van der Waals surface area contributed by atoms with Crippen LogP contribution in [-0.2, 0) is 9.53 Å². The van der Waals surface area contributed by atoms with E-state index in [1.807, 2.05) is 0 Å². The summed E-state index contributed by atoms with van der Waals surface area (Å²) in [4.78, 5) is 12.2. The van der Waals surface area contributed by atoms with Crippen LogP contribution in [0.25, 0.3) is 0 Å². The standard InChI is InChI=1S/C34H55F3N8O2/c35-34(36,37)33(46)47-23-15-7-14-22-24(23)32-44-30-21-13-6-5-12-20(21)28(42-30)40-26-17-9-2-1-8-16(17)25(38-26)39-27-18-10-3-4-11-19(18)29(41-27)43-31(22)45-32/h16-32,38-45H,1-15H2. The lowest BCUT2D eigenvalue weighted by atomic mass is 9.75. The number of hydrogen-bond donors (Lipinski definition) is 8. The molecule has 0 aromatic heterocycles. The van der Waals surface area contributed by atoms with Crippen LogP contribution in [0.2, 0.25) is 0 Å². The molecule has 5 saturated heterocycles. The maximum absolute atomic E-state index is 13.5. The monoisotopic (exact) mass is 664 g/mol. The molecule has 9 rings (SSSR count). The molecule has 0 spiro atoms. The van der Waals surface area contributed by atoms with Gasteiger partial charge in [0.1, 0.15) is 6.10 Å². The van der Waals surface area contributed by atoms with Gasteiger partial charge in [0.15, 0.2) is 0 Å². The third-order valence-electron chi connectivity index (χ3n) is 14.3. The number of alkyl halides is 3. The van der Waals surface area contributed by atoms with Crippen LogP contribution in [-0.4, -0.2) is 67.6 Å². The van der Waals surface area contributed by atoms with Gasteiger partial charge in [-0.15, -0.1) is 0 Å². The largest absolute Gasteiger partial charge is 0.490 e. The van der Waals surface area contributed by atoms with E-state index in [0.29, 0.717) is 41.9 Å². The molecule has 13 heteroatoms. The predicted octanol–water partition coefficient (Wildman–Crippen LogP) is 2.69. The van der Waals surface area contributed by atoms with Gasteiger partial charge in [0, 0.05) is 5.92 Å². The molecule has 8 bridgehead atoms. The van der Waals surface area contributed by atoms with E-state index in [1.165, 1.54) is 70.6 Å². The van der Waals surface area contributed by atoms with E-state index in [4.69, 9.17) is 4.74 Å². The van der Waals surface area contributed by atoms with Crippen molar-refractivity contribution in [1.29, 1.82) is 0 Å². The highest BCUT2D eigenvalue weighted by atomic mass is 19.4. The third kappa shape index (κ3) is 5.76. The van der Waals surface area contributed by atoms with E-state index in [1.54, 1.807) is 0 Å². The minimum Gasteiger partial charge on any atom is -0.455 e. The molecule has 0 radical (unpaired) electrons. The molecule has 4 saturated carbocycles. The number of fused-ring (bicyclic) bond motifs is 20. The number of esters is 1. The number of rotatable bonds is 1. The van der Waals surface area contributed by atoms with E-state index in [-0.39, 0.29) is 61.2 Å². The summed E-state index contributed by atoms with van der Waals surface area (Å²) in [5.74, 6) is 0.891. The number of ether oxygens (including phenoxy) is 1. The topological polar surface area (TPSA) is 123 Å². The summed E-state index contributed by atoms with van der Waals surface area (Å²) in [6.45, 7) is 0. The van der Waals surface area contributed by atoms with Crippen molar-refractivity contribution in [3.05, 3.63) is 0 Å². The summed E-state index contributed by atoms with van der Waals surface area (Å²) in [7, 11) is 0. The molecule has 17 atom stereocenters. The molecule has 17 unspecified atom stereocenters. The van der Waals surface area contributed by atoms with Crippen LogP contribution >= 0.6 is 0 Å². The summed E-state index contributed by atoms with van der Waals surface area (Å²) in [6, 6.07) is 0. The average Bonchev–Trinajstić information content (AvgIpc) is 3.80. The molecular formula is C34H55F3N8O2. The lowest BCUT2D eigenvalue weighted by molar-refractivity contribution is -0.209. The number of carbonyl (C=O) groups excluding carboxylic acids is 1. The van der Waals surface area contributed by atoms with Gasteiger partial charge in [-0.05, 0) is 99.2 Å². The molecule has 5 heterocycles. The van der Waals surface area contributed by atoms with Crippen molar-refractivity contribution in [3.63, 3.8) is 0 Å². The van der Waals surface area contributed by atoms with Gasteiger partial charge in [-0.25, -0.2) is 4.79 Å². The Balaban J connectivity index is 1.05. The van der Waals surface area contributed by atoms with E-state index in [0.717, 1.165) is 19.3 Å². The lowest BCUT2D eigenvalue weighted by Gasteiger charge is -2.39. The molecule has 47 heavy (non-hydrogen) atoms. The van der Waals surface area contributed by atoms with Gasteiger partial charge < -0.3 is 4.74 Å². The van der Waals surface area contributed by atoms with Crippen LogP contribution in [0.15, 0.2) is 0 Å². The average molecular weight is 665 g/mol. The first-order valence-corrected chi connectivity index (χ1v) is 19.2. The van der Waals surface area contributed by atoms with Crippen molar-refractivity contribution in [2.24, 2.45) is 47.3 Å². The first-order valence-electron chi connectivity index (χ1n) is 19.2. The molecule has 4 aliphatic carbocycles. The highest BCUT2D eigenvalue weighted by Crippen LogP contribution is 2.46. The van der Waals surface area contributed by atoms with Gasteiger partial charge in [-0.1, -0.05) is 38.5 Å². The molecule has 5 aliphatic heterocycles. The Hall–Kier alpha value is -1.06. The molecule has 0 aromatic carbocycles. The van der Waals surface area contributed by atoms with Gasteiger partial charge in [0.05, 0.1) is 49.3 Å². The summed E-state index contributed by atoms with van der Waals surface area (Å²) in [5.41, 5.74) is 0. The second-order valence-electron chi connectivity index (χ2n) is 16.6. The van der Waals surface area contributed by atoms with Crippen LogP contribution in [0.1, 0.15) is 96.3 Å². The Morgan fingerprint density at radius 1 is 0.426 bits per heavy atom. The smallest absolute Gasteiger partial charge is 0.455 e. The number of halogens is 3. The van der Waals surface area contributed by atoms with Crippen LogP contribution < -0.4 is 42.5 Å². The fraction of sp³-hybridized carbons (Fsp3) is 0.971. The maximum Gasteiger partial charge on any atom is 0.490 e. The van der Waals surface area contributed by atoms with E-state index < -0.39 is 18.2 Å². The highest BCUT2D eigenvalue weighted by molar-refractivity contribution is 5.75. The molecule has 8 N–H and O–H groups in total. The summed E-state index contributed by atoms with van der Waals surface area (Å²) in [6.07, 6.45) is 11.7. The Morgan fingerprint density at radius 2 is 0.723 bits per heavy atom. The fourth-order valence-corrected chi connectivity index (χ4v) is 12.3. The number of hydrogen-bond acceptors (Lipinski definition) is 10. The van der Waals surface area contributed by atoms with Crippen LogP contribution in [0.3, 0.4) is 0 Å². The fourth-order valence-electron chi connectivity index (χ4n) is 12.3. The van der Waals surface area contributed by atoms with Gasteiger partial charge in [-0.3, -0.25) is 42.5 Å². The van der Waals surface area contributed by atoms with Gasteiger partial charge in [-0.2, -0.15) is 13.2 Å². The molecule has 9 aliphatic rings. The second kappa shape index (κ2) is 12.6. The summed E-state index contributed by atoms with van der Waals surface area (Å²) >= 11 is 0. The van der Waals surface area contributed by atoms with Crippen molar-refractivity contribution in [2.75, 3.05) is 0 Å². The Morgan fingerprint density at radius 3 is 1.06 bits per heavy atom. The van der Waals surface area contributed by atoms with Crippen molar-refractivity contribution in [1.82, 2.24) is 42.5 Å². The highest BCUT2D eigenvalue weighted by Gasteiger charge is 2.57. The van der Waals surface area contributed by atoms with Crippen LogP contribution in [0.4, 0.5) is 13.2 Å². The minimum absolute atomic E-state index is 0.0256. The Kier molecular flexibility index (Phi) is 8.56. The molecule has 0 aromatic rings. The normalized spacial score (nSPS) is 52.6. The SMILES string of the molecule is O=C(OC1CCCC2C3NC4NC(NC5NC(NC6NC(NC(N3)C12)C1CCCCC61)C1CCCCC51)C1CCCCC41)C(F)(F)F. The lowest BCUT2D eigenvalue weighted by Crippen LogP contribution is -2.62. The van der Waals surface area contributed by atoms with Gasteiger partial charge in [0.2, 0.25) is 0 Å². The summed E-state index contributed by atoms with van der Waals surface area (Å²) in [5, 5.41) is 32.1. The maximum atomic E-state index is 13.5. The van der Waals surface area contributed by atoms with Gasteiger partial charge in [0.25, 0.3) is 0 Å². The van der Waals surface area contributed by atoms with Crippen molar-refractivity contribution < 1.29 is 22.7 Å². The zero-order valence-electron chi connectivity index (χ0n) is 27.4. The first-order chi connectivity index (χ1) is 22.8.